The van der Waals surface area contributed by atoms with Crippen molar-refractivity contribution < 1.29 is 9.53 Å². The Morgan fingerprint density at radius 3 is 3.12 bits per heavy atom. The molecule has 0 spiro atoms. The lowest BCUT2D eigenvalue weighted by molar-refractivity contribution is 0.112. The summed E-state index contributed by atoms with van der Waals surface area (Å²) >= 11 is 6.08. The first-order valence-electron chi connectivity index (χ1n) is 4.85. The second-order valence-corrected chi connectivity index (χ2v) is 3.75. The fourth-order valence-electron chi connectivity index (χ4n) is 1.64. The van der Waals surface area contributed by atoms with Crippen LogP contribution in [0.2, 0.25) is 5.15 Å². The zero-order chi connectivity index (χ0) is 11.5. The van der Waals surface area contributed by atoms with Crippen LogP contribution in [-0.4, -0.2) is 29.6 Å². The number of fused-ring (bicyclic) bond motifs is 1. The third-order valence-corrected chi connectivity index (χ3v) is 2.74. The molecule has 0 fully saturated rings. The number of nitrogens with zero attached hydrogens (tertiary/aromatic N) is 2. The molecule has 0 saturated carbocycles. The van der Waals surface area contributed by atoms with E-state index in [0.717, 1.165) is 11.7 Å². The maximum atomic E-state index is 10.9. The maximum Gasteiger partial charge on any atom is 0.150 e. The molecule has 5 heteroatoms. The van der Waals surface area contributed by atoms with Gasteiger partial charge >= 0.3 is 0 Å². The first-order chi connectivity index (χ1) is 7.77. The van der Waals surface area contributed by atoms with E-state index in [1.54, 1.807) is 25.4 Å². The monoisotopic (exact) mass is 238 g/mol. The van der Waals surface area contributed by atoms with Gasteiger partial charge in [0.2, 0.25) is 0 Å². The molecule has 16 heavy (non-hydrogen) atoms. The molecule has 0 aliphatic carbocycles. The lowest BCUT2D eigenvalue weighted by Gasteiger charge is -2.05. The van der Waals surface area contributed by atoms with Gasteiger partial charge in [-0.1, -0.05) is 11.6 Å². The van der Waals surface area contributed by atoms with E-state index < -0.39 is 0 Å². The number of pyridine rings is 1. The van der Waals surface area contributed by atoms with Gasteiger partial charge in [0.15, 0.2) is 6.29 Å². The maximum absolute atomic E-state index is 10.9. The number of carbonyl (C=O) groups excluding carboxylic acids is 1. The van der Waals surface area contributed by atoms with E-state index in [0.29, 0.717) is 29.5 Å². The summed E-state index contributed by atoms with van der Waals surface area (Å²) in [5, 5.41) is 1.34. The Morgan fingerprint density at radius 2 is 2.44 bits per heavy atom. The van der Waals surface area contributed by atoms with Crippen molar-refractivity contribution >= 4 is 28.9 Å². The number of rotatable bonds is 4. The highest BCUT2D eigenvalue weighted by molar-refractivity contribution is 6.31. The Balaban J connectivity index is 2.57. The molecule has 0 aliphatic rings. The molecule has 0 unspecified atom stereocenters. The lowest BCUT2D eigenvalue weighted by atomic mass is 10.2. The Hall–Kier alpha value is -1.39. The summed E-state index contributed by atoms with van der Waals surface area (Å²) in [7, 11) is 1.63. The third kappa shape index (κ3) is 1.81. The standard InChI is InChI=1S/C11H11ClN2O2/c1-16-5-4-14-10(12)6-9-8(7-15)2-3-13-11(9)14/h2-3,6-7H,4-5H2,1H3. The summed E-state index contributed by atoms with van der Waals surface area (Å²) in [5.74, 6) is 0. The van der Waals surface area contributed by atoms with Gasteiger partial charge in [-0.25, -0.2) is 4.98 Å². The predicted molar refractivity (Wildman–Crippen MR) is 62.0 cm³/mol. The Kier molecular flexibility index (Phi) is 3.22. The number of hydrogen-bond donors (Lipinski definition) is 0. The van der Waals surface area contributed by atoms with Crippen LogP contribution in [0.25, 0.3) is 11.0 Å². The van der Waals surface area contributed by atoms with Crippen molar-refractivity contribution in [2.75, 3.05) is 13.7 Å². The van der Waals surface area contributed by atoms with E-state index in [-0.39, 0.29) is 0 Å². The van der Waals surface area contributed by atoms with Gasteiger partial charge in [-0.2, -0.15) is 0 Å². The van der Waals surface area contributed by atoms with E-state index in [2.05, 4.69) is 4.98 Å². The Morgan fingerprint density at radius 1 is 1.62 bits per heavy atom. The smallest absolute Gasteiger partial charge is 0.150 e. The van der Waals surface area contributed by atoms with Crippen LogP contribution in [0.4, 0.5) is 0 Å². The largest absolute Gasteiger partial charge is 0.383 e. The quantitative estimate of drug-likeness (QED) is 0.767. The van der Waals surface area contributed by atoms with Crippen LogP contribution in [0.5, 0.6) is 0 Å². The van der Waals surface area contributed by atoms with E-state index in [1.165, 1.54) is 0 Å². The van der Waals surface area contributed by atoms with Gasteiger partial charge < -0.3 is 9.30 Å². The summed E-state index contributed by atoms with van der Waals surface area (Å²) in [6.07, 6.45) is 2.41. The third-order valence-electron chi connectivity index (χ3n) is 2.43. The number of methoxy groups -OCH3 is 1. The van der Waals surface area contributed by atoms with Gasteiger partial charge in [-0.3, -0.25) is 4.79 Å². The van der Waals surface area contributed by atoms with Crippen LogP contribution >= 0.6 is 11.6 Å². The van der Waals surface area contributed by atoms with Crippen LogP contribution in [-0.2, 0) is 11.3 Å². The van der Waals surface area contributed by atoms with Crippen molar-refractivity contribution in [3.63, 3.8) is 0 Å². The first-order valence-corrected chi connectivity index (χ1v) is 5.23. The minimum Gasteiger partial charge on any atom is -0.383 e. The zero-order valence-electron chi connectivity index (χ0n) is 8.81. The number of halogens is 1. The van der Waals surface area contributed by atoms with Gasteiger partial charge in [0.1, 0.15) is 10.8 Å². The van der Waals surface area contributed by atoms with Crippen molar-refractivity contribution in [1.29, 1.82) is 0 Å². The fourth-order valence-corrected chi connectivity index (χ4v) is 1.91. The summed E-state index contributed by atoms with van der Waals surface area (Å²) < 4.78 is 6.83. The minimum absolute atomic E-state index is 0.552. The Labute approximate surface area is 97.8 Å². The minimum atomic E-state index is 0.552. The van der Waals surface area contributed by atoms with Crippen LogP contribution in [0.1, 0.15) is 10.4 Å². The zero-order valence-corrected chi connectivity index (χ0v) is 9.57. The van der Waals surface area contributed by atoms with Gasteiger partial charge in [-0.15, -0.1) is 0 Å². The van der Waals surface area contributed by atoms with Crippen molar-refractivity contribution in [2.45, 2.75) is 6.54 Å². The predicted octanol–water partition coefficient (Wildman–Crippen LogP) is 2.15. The van der Waals surface area contributed by atoms with Crippen LogP contribution in [0.15, 0.2) is 18.3 Å². The van der Waals surface area contributed by atoms with E-state index in [9.17, 15) is 4.79 Å². The highest BCUT2D eigenvalue weighted by Crippen LogP contribution is 2.23. The van der Waals surface area contributed by atoms with Gasteiger partial charge in [0.05, 0.1) is 6.61 Å². The molecule has 0 atom stereocenters. The average Bonchev–Trinajstić information content (AvgIpc) is 2.62. The topological polar surface area (TPSA) is 44.1 Å². The van der Waals surface area contributed by atoms with Gasteiger partial charge in [0.25, 0.3) is 0 Å². The highest BCUT2D eigenvalue weighted by Gasteiger charge is 2.10. The lowest BCUT2D eigenvalue weighted by Crippen LogP contribution is -2.04. The molecule has 2 heterocycles. The average molecular weight is 239 g/mol. The van der Waals surface area contributed by atoms with E-state index >= 15 is 0 Å². The molecule has 2 rings (SSSR count). The van der Waals surface area contributed by atoms with Crippen molar-refractivity contribution in [1.82, 2.24) is 9.55 Å². The SMILES string of the molecule is COCCn1c(Cl)cc2c(C=O)ccnc21. The molecule has 0 N–H and O–H groups in total. The Bertz CT molecular complexity index is 522. The molecule has 0 saturated heterocycles. The fraction of sp³-hybridized carbons (Fsp3) is 0.273. The van der Waals surface area contributed by atoms with Crippen molar-refractivity contribution in [3.8, 4) is 0 Å². The molecule has 0 amide bonds. The first kappa shape index (κ1) is 11.1. The molecule has 0 bridgehead atoms. The number of aldehydes is 1. The van der Waals surface area contributed by atoms with Crippen LogP contribution in [0.3, 0.4) is 0 Å². The second-order valence-electron chi connectivity index (χ2n) is 3.37. The van der Waals surface area contributed by atoms with Crippen LogP contribution in [0, 0.1) is 0 Å². The van der Waals surface area contributed by atoms with Crippen molar-refractivity contribution in [2.24, 2.45) is 0 Å². The van der Waals surface area contributed by atoms with Crippen LogP contribution < -0.4 is 0 Å². The second kappa shape index (κ2) is 4.63. The molecule has 2 aromatic rings. The number of hydrogen-bond acceptors (Lipinski definition) is 3. The normalized spacial score (nSPS) is 10.9. The molecule has 84 valence electrons. The molecule has 2 aromatic heterocycles. The number of ether oxygens (including phenoxy) is 1. The van der Waals surface area contributed by atoms with Gasteiger partial charge in [-0.05, 0) is 12.1 Å². The van der Waals surface area contributed by atoms with Crippen molar-refractivity contribution in [3.05, 3.63) is 29.0 Å². The molecule has 0 aromatic carbocycles. The van der Waals surface area contributed by atoms with Gasteiger partial charge in [0, 0.05) is 30.8 Å². The summed E-state index contributed by atoms with van der Waals surface area (Å²) in [6, 6.07) is 3.43. The molecular formula is C11H11ClN2O2. The molecule has 0 radical (unpaired) electrons. The number of carbonyl (C=O) groups is 1. The highest BCUT2D eigenvalue weighted by atomic mass is 35.5. The summed E-state index contributed by atoms with van der Waals surface area (Å²) in [4.78, 5) is 15.1. The molecule has 4 nitrogen and oxygen atoms in total. The molecule has 0 aliphatic heterocycles. The van der Waals surface area contributed by atoms with E-state index in [4.69, 9.17) is 16.3 Å². The summed E-state index contributed by atoms with van der Waals surface area (Å²) in [6.45, 7) is 1.17. The molecular weight excluding hydrogens is 228 g/mol. The summed E-state index contributed by atoms with van der Waals surface area (Å²) in [5.41, 5.74) is 1.31. The number of aromatic nitrogens is 2. The van der Waals surface area contributed by atoms with E-state index in [1.807, 2.05) is 4.57 Å².